The van der Waals surface area contributed by atoms with E-state index in [1.54, 1.807) is 6.07 Å². The van der Waals surface area contributed by atoms with Crippen LogP contribution in [0.2, 0.25) is 0 Å². The molecule has 1 spiro atoms. The fraction of sp³-hybridized carbons (Fsp3) is 0.0270. The first-order valence-electron chi connectivity index (χ1n) is 14.0. The molecule has 0 fully saturated rings. The highest BCUT2D eigenvalue weighted by molar-refractivity contribution is 6.58. The zero-order valence-electron chi connectivity index (χ0n) is 22.1. The molecule has 0 radical (unpaired) electrons. The lowest BCUT2D eigenvalue weighted by atomic mass is 9.70. The summed E-state index contributed by atoms with van der Waals surface area (Å²) in [7, 11) is -1.54. The van der Waals surface area contributed by atoms with Crippen LogP contribution < -0.4 is 5.46 Å². The molecule has 3 nitrogen and oxygen atoms in total. The largest absolute Gasteiger partial charge is 0.488 e. The molecular weight excluding hydrogens is 501 g/mol. The number of aromatic nitrogens is 1. The van der Waals surface area contributed by atoms with Crippen molar-refractivity contribution in [3.8, 4) is 27.9 Å². The van der Waals surface area contributed by atoms with Gasteiger partial charge in [-0.15, -0.1) is 0 Å². The minimum absolute atomic E-state index is 0.419. The van der Waals surface area contributed by atoms with E-state index in [1.165, 1.54) is 55.3 Å². The van der Waals surface area contributed by atoms with Crippen LogP contribution >= 0.6 is 0 Å². The lowest BCUT2D eigenvalue weighted by Gasteiger charge is -2.30. The Morgan fingerprint density at radius 3 is 1.83 bits per heavy atom. The quantitative estimate of drug-likeness (QED) is 0.244. The Bertz CT molecular complexity index is 2160. The van der Waals surface area contributed by atoms with Crippen molar-refractivity contribution in [2.24, 2.45) is 0 Å². The topological polar surface area (TPSA) is 45.4 Å². The number of para-hydroxylation sites is 1. The minimum atomic E-state index is -1.54. The average Bonchev–Trinajstić information content (AvgIpc) is 3.63. The minimum Gasteiger partial charge on any atom is -0.423 e. The van der Waals surface area contributed by atoms with Gasteiger partial charge in [0.15, 0.2) is 0 Å². The highest BCUT2D eigenvalue weighted by atomic mass is 16.4. The van der Waals surface area contributed by atoms with Crippen molar-refractivity contribution in [3.63, 3.8) is 0 Å². The number of nitrogens with zero attached hydrogens (tertiary/aromatic N) is 1. The monoisotopic (exact) mass is 525 g/mol. The van der Waals surface area contributed by atoms with E-state index in [4.69, 9.17) is 0 Å². The summed E-state index contributed by atoms with van der Waals surface area (Å²) >= 11 is 0. The summed E-state index contributed by atoms with van der Waals surface area (Å²) in [5.41, 5.74) is 13.5. The van der Waals surface area contributed by atoms with Gasteiger partial charge in [0.1, 0.15) is 0 Å². The summed E-state index contributed by atoms with van der Waals surface area (Å²) in [5.74, 6) is 0. The van der Waals surface area contributed by atoms with Crippen LogP contribution in [0.15, 0.2) is 133 Å². The third-order valence-corrected chi connectivity index (χ3v) is 9.22. The predicted molar refractivity (Wildman–Crippen MR) is 167 cm³/mol. The van der Waals surface area contributed by atoms with E-state index < -0.39 is 12.5 Å². The molecule has 6 aromatic carbocycles. The Kier molecular flexibility index (Phi) is 4.51. The maximum atomic E-state index is 10.0. The molecule has 2 aliphatic carbocycles. The molecule has 0 saturated carbocycles. The first kappa shape index (κ1) is 22.9. The van der Waals surface area contributed by atoms with Crippen LogP contribution in [0.25, 0.3) is 49.7 Å². The second-order valence-electron chi connectivity index (χ2n) is 11.1. The maximum absolute atomic E-state index is 10.0. The second-order valence-corrected chi connectivity index (χ2v) is 11.1. The van der Waals surface area contributed by atoms with Crippen molar-refractivity contribution in [3.05, 3.63) is 156 Å². The van der Waals surface area contributed by atoms with E-state index in [0.717, 1.165) is 16.7 Å². The van der Waals surface area contributed by atoms with Crippen LogP contribution in [-0.2, 0) is 5.41 Å². The van der Waals surface area contributed by atoms with Gasteiger partial charge in [-0.2, -0.15) is 0 Å². The number of hydrogen-bond acceptors (Lipinski definition) is 2. The highest BCUT2D eigenvalue weighted by Crippen LogP contribution is 2.64. The number of fused-ring (bicyclic) bond motifs is 14. The Hall–Kier alpha value is -4.90. The van der Waals surface area contributed by atoms with Gasteiger partial charge in [-0.05, 0) is 62.6 Å². The van der Waals surface area contributed by atoms with Crippen molar-refractivity contribution < 1.29 is 10.0 Å². The van der Waals surface area contributed by atoms with E-state index >= 15 is 0 Å². The van der Waals surface area contributed by atoms with E-state index in [-0.39, 0.29) is 0 Å². The summed E-state index contributed by atoms with van der Waals surface area (Å²) < 4.78 is 2.30. The lowest BCUT2D eigenvalue weighted by Crippen LogP contribution is -2.29. The highest BCUT2D eigenvalue weighted by Gasteiger charge is 2.52. The number of rotatable bonds is 2. The van der Waals surface area contributed by atoms with Crippen molar-refractivity contribution >= 4 is 34.4 Å². The van der Waals surface area contributed by atoms with Gasteiger partial charge in [0, 0.05) is 22.0 Å². The smallest absolute Gasteiger partial charge is 0.423 e. The molecular formula is C37H24BNO2. The fourth-order valence-electron chi connectivity index (χ4n) is 7.72. The molecule has 0 amide bonds. The van der Waals surface area contributed by atoms with Gasteiger partial charge in [0.2, 0.25) is 0 Å². The fourth-order valence-corrected chi connectivity index (χ4v) is 7.72. The second kappa shape index (κ2) is 8.08. The number of benzene rings is 6. The van der Waals surface area contributed by atoms with Gasteiger partial charge in [-0.1, -0.05) is 115 Å². The summed E-state index contributed by atoms with van der Waals surface area (Å²) in [4.78, 5) is 0. The van der Waals surface area contributed by atoms with Crippen LogP contribution in [-0.4, -0.2) is 21.7 Å². The Balaban J connectivity index is 1.50. The van der Waals surface area contributed by atoms with Crippen LogP contribution in [0.1, 0.15) is 22.3 Å². The van der Waals surface area contributed by atoms with Crippen molar-refractivity contribution in [2.45, 2.75) is 5.41 Å². The normalized spacial score (nSPS) is 13.8. The first-order chi connectivity index (χ1) is 20.2. The molecule has 0 bridgehead atoms. The van der Waals surface area contributed by atoms with Crippen molar-refractivity contribution in [1.82, 2.24) is 4.57 Å². The molecule has 41 heavy (non-hydrogen) atoms. The van der Waals surface area contributed by atoms with Crippen LogP contribution in [0, 0.1) is 0 Å². The van der Waals surface area contributed by atoms with E-state index in [9.17, 15) is 10.0 Å². The summed E-state index contributed by atoms with van der Waals surface area (Å²) in [6.45, 7) is 0. The standard InChI is InChI=1S/C37H24BNO2/c40-38(41)23-10-9-11-24(22-23)39-34-19-8-4-14-27(34)28-20-21-33-35(36(28)39)29-15-3-7-18-32(29)37(33)30-16-5-1-12-25(30)26-13-2-6-17-31(26)37/h1-22,40-41H. The first-order valence-corrected chi connectivity index (χ1v) is 14.0. The average molecular weight is 525 g/mol. The van der Waals surface area contributed by atoms with Crippen molar-refractivity contribution in [1.29, 1.82) is 0 Å². The zero-order chi connectivity index (χ0) is 27.3. The zero-order valence-corrected chi connectivity index (χ0v) is 22.1. The molecule has 0 atom stereocenters. The summed E-state index contributed by atoms with van der Waals surface area (Å²) in [5, 5.41) is 22.4. The van der Waals surface area contributed by atoms with Gasteiger partial charge in [-0.25, -0.2) is 0 Å². The SMILES string of the molecule is OB(O)c1cccc(-n2c3ccccc3c3ccc4c(c32)-c2ccccc2C42c3ccccc3-c3ccccc32)c1. The predicted octanol–water partition coefficient (Wildman–Crippen LogP) is 6.81. The maximum Gasteiger partial charge on any atom is 0.488 e. The molecule has 7 aromatic rings. The molecule has 0 unspecified atom stereocenters. The van der Waals surface area contributed by atoms with Crippen LogP contribution in [0.5, 0.6) is 0 Å². The lowest BCUT2D eigenvalue weighted by molar-refractivity contribution is 0.426. The van der Waals surface area contributed by atoms with E-state index in [0.29, 0.717) is 5.46 Å². The third-order valence-electron chi connectivity index (χ3n) is 9.22. The van der Waals surface area contributed by atoms with Gasteiger partial charge in [0.25, 0.3) is 0 Å². The Labute approximate surface area is 237 Å². The molecule has 4 heteroatoms. The van der Waals surface area contributed by atoms with Crippen LogP contribution in [0.4, 0.5) is 0 Å². The molecule has 2 aliphatic rings. The molecule has 9 rings (SSSR count). The van der Waals surface area contributed by atoms with E-state index in [2.05, 4.69) is 114 Å². The van der Waals surface area contributed by atoms with Gasteiger partial charge in [0.05, 0.1) is 16.4 Å². The Morgan fingerprint density at radius 1 is 0.512 bits per heavy atom. The summed E-state index contributed by atoms with van der Waals surface area (Å²) in [6, 6.07) is 47.3. The molecule has 1 heterocycles. The Morgan fingerprint density at radius 2 is 1.12 bits per heavy atom. The summed E-state index contributed by atoms with van der Waals surface area (Å²) in [6.07, 6.45) is 0. The third kappa shape index (κ3) is 2.76. The van der Waals surface area contributed by atoms with Crippen molar-refractivity contribution in [2.75, 3.05) is 0 Å². The van der Waals surface area contributed by atoms with Gasteiger partial charge < -0.3 is 14.6 Å². The molecule has 0 saturated heterocycles. The van der Waals surface area contributed by atoms with E-state index in [1.807, 2.05) is 18.2 Å². The van der Waals surface area contributed by atoms with Crippen LogP contribution in [0.3, 0.4) is 0 Å². The number of hydrogen-bond donors (Lipinski definition) is 2. The molecule has 2 N–H and O–H groups in total. The van der Waals surface area contributed by atoms with Gasteiger partial charge >= 0.3 is 7.12 Å². The molecule has 1 aromatic heterocycles. The molecule has 192 valence electrons. The molecule has 0 aliphatic heterocycles. The van der Waals surface area contributed by atoms with Gasteiger partial charge in [-0.3, -0.25) is 0 Å².